The molecule has 1 heterocycles. The Morgan fingerprint density at radius 3 is 3.17 bits per heavy atom. The number of nitrogens with one attached hydrogen (secondary N) is 1. The maximum Gasteiger partial charge on any atom is 0.433 e. The first kappa shape index (κ1) is 12.4. The molecule has 1 N–H and O–H groups in total. The first-order chi connectivity index (χ1) is 8.81. The summed E-state index contributed by atoms with van der Waals surface area (Å²) in [5, 5.41) is 6.50. The highest BCUT2D eigenvalue weighted by molar-refractivity contribution is 6.03. The van der Waals surface area contributed by atoms with Gasteiger partial charge in [-0.3, -0.25) is 4.84 Å². The second-order valence-corrected chi connectivity index (χ2v) is 3.94. The number of rotatable bonds is 3. The lowest BCUT2D eigenvalue weighted by Gasteiger charge is -2.17. The van der Waals surface area contributed by atoms with Crippen molar-refractivity contribution in [2.24, 2.45) is 5.16 Å². The van der Waals surface area contributed by atoms with Crippen LogP contribution in [0.15, 0.2) is 29.4 Å². The summed E-state index contributed by atoms with van der Waals surface area (Å²) in [6.45, 7) is 3.11. The molecule has 0 saturated heterocycles. The van der Waals surface area contributed by atoms with E-state index in [1.807, 2.05) is 31.2 Å². The summed E-state index contributed by atoms with van der Waals surface area (Å²) >= 11 is 0. The lowest BCUT2D eigenvalue weighted by atomic mass is 10.0. The van der Waals surface area contributed by atoms with Crippen molar-refractivity contribution in [2.75, 3.05) is 13.2 Å². The summed E-state index contributed by atoms with van der Waals surface area (Å²) in [6, 6.07) is 7.58. The normalized spacial score (nSPS) is 15.7. The second kappa shape index (κ2) is 6.05. The molecule has 0 radical (unpaired) electrons. The zero-order valence-corrected chi connectivity index (χ0v) is 10.3. The Labute approximate surface area is 106 Å². The van der Waals surface area contributed by atoms with Crippen LogP contribution in [-0.2, 0) is 4.84 Å². The Bertz CT molecular complexity index is 457. The smallest absolute Gasteiger partial charge is 0.433 e. The van der Waals surface area contributed by atoms with E-state index in [0.29, 0.717) is 19.6 Å². The largest absolute Gasteiger partial charge is 0.492 e. The van der Waals surface area contributed by atoms with Gasteiger partial charge in [0.25, 0.3) is 0 Å². The number of hydrogen-bond donors (Lipinski definition) is 1. The molecule has 0 aliphatic carbocycles. The van der Waals surface area contributed by atoms with Gasteiger partial charge in [0.1, 0.15) is 5.75 Å². The van der Waals surface area contributed by atoms with Crippen LogP contribution in [0.2, 0.25) is 0 Å². The summed E-state index contributed by atoms with van der Waals surface area (Å²) in [7, 11) is 0. The molecular weight excluding hydrogens is 232 g/mol. The Balaban J connectivity index is 2.04. The van der Waals surface area contributed by atoms with Gasteiger partial charge in [-0.1, -0.05) is 24.2 Å². The molecule has 0 bridgehead atoms. The fraction of sp³-hybridized carbons (Fsp3) is 0.385. The van der Waals surface area contributed by atoms with Crippen LogP contribution in [0, 0.1) is 0 Å². The second-order valence-electron chi connectivity index (χ2n) is 3.94. The Hall–Kier alpha value is -2.04. The van der Waals surface area contributed by atoms with Crippen LogP contribution in [0.5, 0.6) is 5.75 Å². The Kier molecular flexibility index (Phi) is 4.17. The van der Waals surface area contributed by atoms with E-state index in [0.717, 1.165) is 23.4 Å². The van der Waals surface area contributed by atoms with E-state index < -0.39 is 6.09 Å². The van der Waals surface area contributed by atoms with Crippen LogP contribution in [0.3, 0.4) is 0 Å². The number of carbonyl (C=O) groups is 1. The van der Waals surface area contributed by atoms with Gasteiger partial charge in [0.2, 0.25) is 0 Å². The van der Waals surface area contributed by atoms with Crippen LogP contribution in [-0.4, -0.2) is 25.0 Å². The fourth-order valence-corrected chi connectivity index (χ4v) is 1.67. The number of nitrogens with zero attached hydrogens (tertiary/aromatic N) is 1. The molecule has 0 atom stereocenters. The van der Waals surface area contributed by atoms with Crippen LogP contribution < -0.4 is 10.1 Å². The first-order valence-corrected chi connectivity index (χ1v) is 6.05. The van der Waals surface area contributed by atoms with Crippen molar-refractivity contribution in [3.05, 3.63) is 29.8 Å². The molecule has 0 unspecified atom stereocenters. The summed E-state index contributed by atoms with van der Waals surface area (Å²) in [5.41, 5.74) is 1.62. The van der Waals surface area contributed by atoms with Crippen LogP contribution in [0.1, 0.15) is 25.3 Å². The quantitative estimate of drug-likeness (QED) is 0.659. The molecule has 1 aromatic rings. The van der Waals surface area contributed by atoms with Gasteiger partial charge in [-0.2, -0.15) is 0 Å². The van der Waals surface area contributed by atoms with E-state index in [2.05, 4.69) is 10.5 Å². The molecule has 0 aromatic heterocycles. The standard InChI is InChI=1S/C13H16N2O3/c1-2-8-14-13(16)18-15-11-7-9-17-12-6-4-3-5-10(11)12/h3-6H,2,7-9H2,1H3,(H,14,16). The molecule has 5 heteroatoms. The van der Waals surface area contributed by atoms with Gasteiger partial charge in [0, 0.05) is 18.5 Å². The van der Waals surface area contributed by atoms with Crippen molar-refractivity contribution in [3.8, 4) is 5.75 Å². The summed E-state index contributed by atoms with van der Waals surface area (Å²) in [5.74, 6) is 0.778. The molecule has 18 heavy (non-hydrogen) atoms. The minimum Gasteiger partial charge on any atom is -0.492 e. The van der Waals surface area contributed by atoms with E-state index >= 15 is 0 Å². The molecule has 96 valence electrons. The maximum absolute atomic E-state index is 11.3. The summed E-state index contributed by atoms with van der Waals surface area (Å²) in [6.07, 6.45) is 0.980. The lowest BCUT2D eigenvalue weighted by molar-refractivity contribution is 0.150. The molecule has 1 aliphatic heterocycles. The maximum atomic E-state index is 11.3. The fourth-order valence-electron chi connectivity index (χ4n) is 1.67. The summed E-state index contributed by atoms with van der Waals surface area (Å²) in [4.78, 5) is 16.1. The van der Waals surface area contributed by atoms with Crippen LogP contribution in [0.4, 0.5) is 4.79 Å². The number of hydrogen-bond acceptors (Lipinski definition) is 4. The topological polar surface area (TPSA) is 59.9 Å². The van der Waals surface area contributed by atoms with Gasteiger partial charge >= 0.3 is 6.09 Å². The van der Waals surface area contributed by atoms with Gasteiger partial charge in [0.15, 0.2) is 0 Å². The molecule has 1 aliphatic rings. The predicted molar refractivity (Wildman–Crippen MR) is 67.9 cm³/mol. The van der Waals surface area contributed by atoms with Crippen LogP contribution >= 0.6 is 0 Å². The number of amides is 1. The highest BCUT2D eigenvalue weighted by Gasteiger charge is 2.17. The van der Waals surface area contributed by atoms with Crippen molar-refractivity contribution in [1.82, 2.24) is 5.32 Å². The van der Waals surface area contributed by atoms with Gasteiger partial charge < -0.3 is 10.1 Å². The minimum atomic E-state index is -0.520. The third-order valence-electron chi connectivity index (χ3n) is 2.55. The molecule has 0 saturated carbocycles. The molecular formula is C13H16N2O3. The van der Waals surface area contributed by atoms with Crippen molar-refractivity contribution in [1.29, 1.82) is 0 Å². The monoisotopic (exact) mass is 248 g/mol. The van der Waals surface area contributed by atoms with Crippen molar-refractivity contribution in [2.45, 2.75) is 19.8 Å². The van der Waals surface area contributed by atoms with Crippen molar-refractivity contribution >= 4 is 11.8 Å². The third-order valence-corrected chi connectivity index (χ3v) is 2.55. The van der Waals surface area contributed by atoms with E-state index in [9.17, 15) is 4.79 Å². The zero-order chi connectivity index (χ0) is 12.8. The minimum absolute atomic E-state index is 0.520. The lowest BCUT2D eigenvalue weighted by Crippen LogP contribution is -2.24. The molecule has 2 rings (SSSR count). The van der Waals surface area contributed by atoms with Crippen molar-refractivity contribution < 1.29 is 14.4 Å². The van der Waals surface area contributed by atoms with E-state index in [-0.39, 0.29) is 0 Å². The number of carbonyl (C=O) groups excluding carboxylic acids is 1. The molecule has 0 spiro atoms. The van der Waals surface area contributed by atoms with E-state index in [4.69, 9.17) is 9.57 Å². The number of oxime groups is 1. The van der Waals surface area contributed by atoms with Gasteiger partial charge in [-0.15, -0.1) is 0 Å². The highest BCUT2D eigenvalue weighted by Crippen LogP contribution is 2.24. The number of ether oxygens (including phenoxy) is 1. The average Bonchev–Trinajstić information content (AvgIpc) is 2.42. The highest BCUT2D eigenvalue weighted by atomic mass is 16.7. The first-order valence-electron chi connectivity index (χ1n) is 6.05. The number of para-hydroxylation sites is 1. The van der Waals surface area contributed by atoms with Gasteiger partial charge in [0.05, 0.1) is 12.3 Å². The predicted octanol–water partition coefficient (Wildman–Crippen LogP) is 2.31. The zero-order valence-electron chi connectivity index (χ0n) is 10.3. The number of fused-ring (bicyclic) bond motifs is 1. The Morgan fingerprint density at radius 1 is 1.50 bits per heavy atom. The molecule has 5 nitrogen and oxygen atoms in total. The molecule has 1 amide bonds. The van der Waals surface area contributed by atoms with Crippen molar-refractivity contribution in [3.63, 3.8) is 0 Å². The van der Waals surface area contributed by atoms with Gasteiger partial charge in [-0.25, -0.2) is 4.79 Å². The SMILES string of the molecule is CCCNC(=O)ON=C1CCOc2ccccc21. The van der Waals surface area contributed by atoms with Crippen LogP contribution in [0.25, 0.3) is 0 Å². The third kappa shape index (κ3) is 3.00. The molecule has 1 aromatic carbocycles. The van der Waals surface area contributed by atoms with E-state index in [1.54, 1.807) is 0 Å². The Morgan fingerprint density at radius 2 is 2.33 bits per heavy atom. The van der Waals surface area contributed by atoms with E-state index in [1.165, 1.54) is 0 Å². The average molecular weight is 248 g/mol. The number of benzene rings is 1. The van der Waals surface area contributed by atoms with Gasteiger partial charge in [-0.05, 0) is 18.6 Å². The summed E-state index contributed by atoms with van der Waals surface area (Å²) < 4.78 is 5.49. The molecule has 0 fully saturated rings.